The lowest BCUT2D eigenvalue weighted by molar-refractivity contribution is -0.379. The second-order valence-corrected chi connectivity index (χ2v) is 22.2. The molecule has 1 amide bonds. The molecule has 3 saturated heterocycles. The van der Waals surface area contributed by atoms with E-state index in [1.165, 1.54) is 103 Å². The number of carbonyl (C=O) groups excluding carboxylic acids is 1. The third-order valence-electron chi connectivity index (χ3n) is 15.3. The third-order valence-corrected chi connectivity index (χ3v) is 15.3. The summed E-state index contributed by atoms with van der Waals surface area (Å²) in [5.41, 5.74) is 0. The van der Waals surface area contributed by atoms with Crippen molar-refractivity contribution in [3.8, 4) is 0 Å². The second-order valence-electron chi connectivity index (χ2n) is 22.2. The maximum atomic E-state index is 13.3. The van der Waals surface area contributed by atoms with Gasteiger partial charge in [0.25, 0.3) is 0 Å². The van der Waals surface area contributed by atoms with Crippen LogP contribution in [0, 0.1) is 0 Å². The molecule has 0 aromatic rings. The van der Waals surface area contributed by atoms with E-state index in [1.807, 2.05) is 6.08 Å². The van der Waals surface area contributed by atoms with Gasteiger partial charge >= 0.3 is 0 Å². The maximum Gasteiger partial charge on any atom is 0.220 e. The minimum absolute atomic E-state index is 0.218. The first-order chi connectivity index (χ1) is 38.8. The highest BCUT2D eigenvalue weighted by atomic mass is 16.8. The normalized spacial score (nSPS) is 30.3. The molecule has 3 fully saturated rings. The molecular formula is C61H109NO18. The van der Waals surface area contributed by atoms with Gasteiger partial charge in [-0.3, -0.25) is 4.79 Å². The van der Waals surface area contributed by atoms with Crippen LogP contribution < -0.4 is 5.32 Å². The van der Waals surface area contributed by atoms with Gasteiger partial charge in [0.2, 0.25) is 5.91 Å². The summed E-state index contributed by atoms with van der Waals surface area (Å²) in [7, 11) is 0. The fourth-order valence-corrected chi connectivity index (χ4v) is 10.2. The molecule has 3 aliphatic rings. The van der Waals surface area contributed by atoms with Gasteiger partial charge in [-0.1, -0.05) is 178 Å². The molecule has 12 N–H and O–H groups in total. The molecule has 3 heterocycles. The van der Waals surface area contributed by atoms with Gasteiger partial charge in [-0.05, 0) is 64.2 Å². The summed E-state index contributed by atoms with van der Waals surface area (Å²) < 4.78 is 34.2. The number of hydrogen-bond acceptors (Lipinski definition) is 18. The Morgan fingerprint density at radius 3 is 1.34 bits per heavy atom. The van der Waals surface area contributed by atoms with Gasteiger partial charge in [-0.25, -0.2) is 0 Å². The molecule has 19 heteroatoms. The minimum Gasteiger partial charge on any atom is -0.394 e. The monoisotopic (exact) mass is 1140 g/mol. The molecule has 0 aromatic carbocycles. The highest BCUT2D eigenvalue weighted by Crippen LogP contribution is 2.33. The fourth-order valence-electron chi connectivity index (χ4n) is 10.2. The number of unbranched alkanes of at least 4 members (excludes halogenated alkanes) is 23. The lowest BCUT2D eigenvalue weighted by Gasteiger charge is -2.48. The van der Waals surface area contributed by atoms with Gasteiger partial charge in [0, 0.05) is 6.42 Å². The van der Waals surface area contributed by atoms with Crippen molar-refractivity contribution in [1.82, 2.24) is 5.32 Å². The van der Waals surface area contributed by atoms with Gasteiger partial charge in [-0.2, -0.15) is 0 Å². The first-order valence-electron chi connectivity index (χ1n) is 30.9. The minimum atomic E-state index is -1.98. The summed E-state index contributed by atoms with van der Waals surface area (Å²) in [5.74, 6) is -0.300. The van der Waals surface area contributed by atoms with Crippen LogP contribution in [0.4, 0.5) is 0 Å². The summed E-state index contributed by atoms with van der Waals surface area (Å²) in [5, 5.41) is 120. The average molecular weight is 1140 g/mol. The quantitative estimate of drug-likeness (QED) is 0.0250. The molecule has 0 aliphatic carbocycles. The molecular weight excluding hydrogens is 1030 g/mol. The summed E-state index contributed by atoms with van der Waals surface area (Å²) >= 11 is 0. The highest BCUT2D eigenvalue weighted by Gasteiger charge is 2.53. The van der Waals surface area contributed by atoms with E-state index in [2.05, 4.69) is 55.6 Å². The van der Waals surface area contributed by atoms with Crippen molar-refractivity contribution in [2.24, 2.45) is 0 Å². The third kappa shape index (κ3) is 27.6. The van der Waals surface area contributed by atoms with Crippen LogP contribution in [0.25, 0.3) is 0 Å². The van der Waals surface area contributed by atoms with Gasteiger partial charge in [0.15, 0.2) is 18.9 Å². The van der Waals surface area contributed by atoms with E-state index >= 15 is 0 Å². The maximum absolute atomic E-state index is 13.3. The molecule has 0 aromatic heterocycles. The predicted octanol–water partition coefficient (Wildman–Crippen LogP) is 5.87. The first kappa shape index (κ1) is 72.0. The fraction of sp³-hybridized carbons (Fsp3) is 0.852. The van der Waals surface area contributed by atoms with Crippen molar-refractivity contribution >= 4 is 5.91 Å². The zero-order valence-corrected chi connectivity index (χ0v) is 48.5. The Morgan fingerprint density at radius 1 is 0.450 bits per heavy atom. The molecule has 17 unspecified atom stereocenters. The lowest BCUT2D eigenvalue weighted by Crippen LogP contribution is -2.66. The van der Waals surface area contributed by atoms with Crippen LogP contribution in [0.15, 0.2) is 48.6 Å². The van der Waals surface area contributed by atoms with Crippen LogP contribution >= 0.6 is 0 Å². The van der Waals surface area contributed by atoms with E-state index in [9.17, 15) is 61.0 Å². The summed E-state index contributed by atoms with van der Waals surface area (Å²) in [6.07, 6.45) is 22.3. The van der Waals surface area contributed by atoms with Crippen LogP contribution in [0.1, 0.15) is 200 Å². The number of aliphatic hydroxyl groups is 11. The van der Waals surface area contributed by atoms with E-state index in [0.29, 0.717) is 12.8 Å². The summed E-state index contributed by atoms with van der Waals surface area (Å²) in [4.78, 5) is 13.3. The Morgan fingerprint density at radius 2 is 0.838 bits per heavy atom. The Balaban J connectivity index is 1.52. The molecule has 17 atom stereocenters. The molecule has 0 saturated carbocycles. The smallest absolute Gasteiger partial charge is 0.220 e. The van der Waals surface area contributed by atoms with E-state index in [1.54, 1.807) is 6.08 Å². The largest absolute Gasteiger partial charge is 0.394 e. The number of rotatable bonds is 45. The molecule has 0 bridgehead atoms. The van der Waals surface area contributed by atoms with Crippen LogP contribution in [0.3, 0.4) is 0 Å². The van der Waals surface area contributed by atoms with E-state index in [4.69, 9.17) is 28.4 Å². The van der Waals surface area contributed by atoms with E-state index in [-0.39, 0.29) is 18.9 Å². The lowest BCUT2D eigenvalue weighted by atomic mass is 9.96. The van der Waals surface area contributed by atoms with E-state index in [0.717, 1.165) is 64.2 Å². The number of nitrogens with one attached hydrogen (secondary N) is 1. The van der Waals surface area contributed by atoms with Crippen molar-refractivity contribution in [1.29, 1.82) is 0 Å². The molecule has 3 aliphatic heterocycles. The molecule has 466 valence electrons. The zero-order valence-electron chi connectivity index (χ0n) is 48.5. The van der Waals surface area contributed by atoms with Crippen LogP contribution in [0.5, 0.6) is 0 Å². The van der Waals surface area contributed by atoms with Crippen LogP contribution in [-0.4, -0.2) is 193 Å². The standard InChI is InChI=1S/C61H109NO18/c1-3-5-7-9-11-13-15-17-19-21-22-23-24-26-28-30-32-34-36-38-45(66)44(62-49(67)39-37-35-33-31-29-27-25-20-18-16-14-12-10-8-6-4-2)43-75-59-55(73)52(70)57(47(41-64)77-59)80-61-56(74)53(71)58(48(42-65)78-61)79-60-54(72)51(69)50(68)46(40-63)76-60/h14,16,20,25,28,30,36,38,44-48,50-61,63-66,68-74H,3-13,15,17-19,21-24,26-27,29,31-35,37,39-43H2,1-2H3,(H,62,67)/b16-14-,25-20-,30-28+,38-36+. The number of hydrogen-bond donors (Lipinski definition) is 12. The molecule has 19 nitrogen and oxygen atoms in total. The summed E-state index contributed by atoms with van der Waals surface area (Å²) in [6, 6.07) is -0.997. The topological polar surface area (TPSA) is 307 Å². The Hall–Kier alpha value is -2.25. The number of amides is 1. The van der Waals surface area contributed by atoms with Crippen LogP contribution in [0.2, 0.25) is 0 Å². The van der Waals surface area contributed by atoms with Gasteiger partial charge in [-0.15, -0.1) is 0 Å². The number of allylic oxidation sites excluding steroid dienone is 7. The van der Waals surface area contributed by atoms with Crippen molar-refractivity contribution in [2.75, 3.05) is 26.4 Å². The van der Waals surface area contributed by atoms with Crippen molar-refractivity contribution in [3.05, 3.63) is 48.6 Å². The number of ether oxygens (including phenoxy) is 6. The second kappa shape index (κ2) is 44.3. The van der Waals surface area contributed by atoms with Gasteiger partial charge < -0.3 is 89.9 Å². The van der Waals surface area contributed by atoms with Crippen molar-refractivity contribution < 1.29 is 89.4 Å². The molecule has 80 heavy (non-hydrogen) atoms. The first-order valence-corrected chi connectivity index (χ1v) is 30.9. The van der Waals surface area contributed by atoms with Gasteiger partial charge in [0.05, 0.1) is 38.6 Å². The Labute approximate surface area is 478 Å². The molecule has 3 rings (SSSR count). The highest BCUT2D eigenvalue weighted by molar-refractivity contribution is 5.76. The van der Waals surface area contributed by atoms with Gasteiger partial charge in [0.1, 0.15) is 73.2 Å². The average Bonchev–Trinajstić information content (AvgIpc) is 3.50. The molecule has 0 radical (unpaired) electrons. The molecule has 0 spiro atoms. The Bertz CT molecular complexity index is 1650. The summed E-state index contributed by atoms with van der Waals surface area (Å²) in [6.45, 7) is 1.67. The predicted molar refractivity (Wildman–Crippen MR) is 305 cm³/mol. The number of aliphatic hydroxyl groups excluding tert-OH is 11. The van der Waals surface area contributed by atoms with Crippen molar-refractivity contribution in [2.45, 2.75) is 304 Å². The van der Waals surface area contributed by atoms with Crippen molar-refractivity contribution in [3.63, 3.8) is 0 Å². The van der Waals surface area contributed by atoms with E-state index < -0.39 is 124 Å². The number of carbonyl (C=O) groups is 1. The SMILES string of the molecule is CCCCCC/C=C\C/C=C\CCCCCCCC(=O)NC(COC1OC(CO)C(OC2OC(CO)C(OC3OC(CO)C(O)C(O)C3O)C(O)C2O)C(O)C1O)C(O)/C=C/CC/C=C/CCCCCCCCCCCCCCC. The zero-order chi connectivity index (χ0) is 58.3. The Kier molecular flexibility index (Phi) is 39.8. The van der Waals surface area contributed by atoms with Crippen LogP contribution in [-0.2, 0) is 33.2 Å².